The number of rotatable bonds is 2. The van der Waals surface area contributed by atoms with E-state index in [1.54, 1.807) is 19.0 Å². The number of carbonyl (C=O) groups excluding carboxylic acids is 1. The molecule has 0 aromatic carbocycles. The van der Waals surface area contributed by atoms with Crippen LogP contribution in [0.2, 0.25) is 5.02 Å². The van der Waals surface area contributed by atoms with E-state index in [-0.39, 0.29) is 5.78 Å². The lowest BCUT2D eigenvalue weighted by Crippen LogP contribution is -2.07. The third-order valence-electron chi connectivity index (χ3n) is 1.42. The molecule has 66 valence electrons. The third kappa shape index (κ3) is 1.61. The number of carbonyl (C=O) groups is 1. The second kappa shape index (κ2) is 3.19. The van der Waals surface area contributed by atoms with Crippen molar-refractivity contribution < 1.29 is 9.21 Å². The first-order chi connectivity index (χ1) is 5.52. The Bertz CT molecular complexity index is 304. The van der Waals surface area contributed by atoms with Gasteiger partial charge in [0.25, 0.3) is 0 Å². The molecule has 0 aliphatic rings. The summed E-state index contributed by atoms with van der Waals surface area (Å²) >= 11 is 5.80. The van der Waals surface area contributed by atoms with E-state index in [0.29, 0.717) is 16.7 Å². The molecule has 0 fully saturated rings. The molecule has 0 N–H and O–H groups in total. The van der Waals surface area contributed by atoms with E-state index in [0.717, 1.165) is 0 Å². The van der Waals surface area contributed by atoms with Gasteiger partial charge in [0.15, 0.2) is 11.5 Å². The van der Waals surface area contributed by atoms with Crippen molar-refractivity contribution in [3.63, 3.8) is 0 Å². The summed E-state index contributed by atoms with van der Waals surface area (Å²) in [7, 11) is 3.60. The molecule has 0 amide bonds. The van der Waals surface area contributed by atoms with Gasteiger partial charge in [-0.05, 0) is 0 Å². The third-order valence-corrected chi connectivity index (χ3v) is 1.69. The first-order valence-electron chi connectivity index (χ1n) is 3.50. The highest BCUT2D eigenvalue weighted by atomic mass is 35.5. The second-order valence-electron chi connectivity index (χ2n) is 2.71. The van der Waals surface area contributed by atoms with Crippen molar-refractivity contribution in [2.24, 2.45) is 0 Å². The molecule has 0 atom stereocenters. The van der Waals surface area contributed by atoms with Crippen molar-refractivity contribution in [3.05, 3.63) is 16.8 Å². The van der Waals surface area contributed by atoms with Gasteiger partial charge in [0.1, 0.15) is 5.02 Å². The maximum atomic E-state index is 10.9. The van der Waals surface area contributed by atoms with Crippen molar-refractivity contribution in [1.29, 1.82) is 0 Å². The Morgan fingerprint density at radius 3 is 2.42 bits per heavy atom. The van der Waals surface area contributed by atoms with E-state index >= 15 is 0 Å². The zero-order chi connectivity index (χ0) is 9.30. The average Bonchev–Trinajstić information content (AvgIpc) is 2.30. The van der Waals surface area contributed by atoms with Crippen molar-refractivity contribution in [2.75, 3.05) is 19.0 Å². The summed E-state index contributed by atoms with van der Waals surface area (Å²) in [4.78, 5) is 12.6. The fourth-order valence-corrected chi connectivity index (χ4v) is 1.14. The maximum Gasteiger partial charge on any atom is 0.214 e. The van der Waals surface area contributed by atoms with Crippen molar-refractivity contribution in [2.45, 2.75) is 6.92 Å². The van der Waals surface area contributed by atoms with Crippen LogP contribution in [0.15, 0.2) is 10.5 Å². The molecule has 4 heteroatoms. The summed E-state index contributed by atoms with van der Waals surface area (Å²) in [6.45, 7) is 1.44. The molecule has 1 aromatic heterocycles. The summed E-state index contributed by atoms with van der Waals surface area (Å²) in [5.74, 6) is 0.690. The molecule has 0 bridgehead atoms. The molecule has 0 aliphatic heterocycles. The smallest absolute Gasteiger partial charge is 0.214 e. The van der Waals surface area contributed by atoms with Gasteiger partial charge in [0.05, 0.1) is 0 Å². The van der Waals surface area contributed by atoms with Gasteiger partial charge in [-0.2, -0.15) is 0 Å². The van der Waals surface area contributed by atoms with Crippen LogP contribution in [0.5, 0.6) is 0 Å². The minimum absolute atomic E-state index is 0.120. The van der Waals surface area contributed by atoms with Crippen LogP contribution < -0.4 is 4.90 Å². The highest BCUT2D eigenvalue weighted by Crippen LogP contribution is 2.28. The topological polar surface area (TPSA) is 33.5 Å². The lowest BCUT2D eigenvalue weighted by atomic mass is 10.3. The number of ketones is 1. The molecule has 0 saturated carbocycles. The maximum absolute atomic E-state index is 10.9. The van der Waals surface area contributed by atoms with Gasteiger partial charge in [0, 0.05) is 27.1 Å². The van der Waals surface area contributed by atoms with Gasteiger partial charge in [-0.25, -0.2) is 0 Å². The number of hydrogen-bond acceptors (Lipinski definition) is 3. The molecule has 12 heavy (non-hydrogen) atoms. The molecule has 1 heterocycles. The lowest BCUT2D eigenvalue weighted by molar-refractivity contribution is 0.0988. The molecule has 1 rings (SSSR count). The van der Waals surface area contributed by atoms with Gasteiger partial charge in [-0.1, -0.05) is 11.6 Å². The van der Waals surface area contributed by atoms with E-state index in [4.69, 9.17) is 16.0 Å². The minimum Gasteiger partial charge on any atom is -0.436 e. The lowest BCUT2D eigenvalue weighted by Gasteiger charge is -2.07. The molecule has 0 spiro atoms. The molecule has 0 unspecified atom stereocenters. The van der Waals surface area contributed by atoms with Crippen LogP contribution in [0.3, 0.4) is 0 Å². The highest BCUT2D eigenvalue weighted by molar-refractivity contribution is 6.33. The normalized spacial score (nSPS) is 10.0. The van der Waals surface area contributed by atoms with Crippen molar-refractivity contribution in [1.82, 2.24) is 0 Å². The Morgan fingerprint density at radius 1 is 1.58 bits per heavy atom. The number of anilines is 1. The number of halogens is 1. The predicted molar refractivity (Wildman–Crippen MR) is 48.0 cm³/mol. The van der Waals surface area contributed by atoms with Crippen LogP contribution in [0, 0.1) is 0 Å². The fourth-order valence-electron chi connectivity index (χ4n) is 0.838. The zero-order valence-electron chi connectivity index (χ0n) is 7.22. The molecule has 0 radical (unpaired) electrons. The van der Waals surface area contributed by atoms with Gasteiger partial charge < -0.3 is 9.32 Å². The minimum atomic E-state index is -0.120. The van der Waals surface area contributed by atoms with Crippen molar-refractivity contribution >= 4 is 23.3 Å². The van der Waals surface area contributed by atoms with Gasteiger partial charge in [-0.3, -0.25) is 4.79 Å². The zero-order valence-corrected chi connectivity index (χ0v) is 7.97. The molecule has 3 nitrogen and oxygen atoms in total. The Balaban J connectivity index is 3.09. The highest BCUT2D eigenvalue weighted by Gasteiger charge is 2.13. The SMILES string of the molecule is CC(=O)c1cc(Cl)c(N(C)C)o1. The Hall–Kier alpha value is -0.960. The van der Waals surface area contributed by atoms with Crippen LogP contribution in [-0.4, -0.2) is 19.9 Å². The number of nitrogens with zero attached hydrogens (tertiary/aromatic N) is 1. The van der Waals surface area contributed by atoms with Crippen LogP contribution >= 0.6 is 11.6 Å². The summed E-state index contributed by atoms with van der Waals surface area (Å²) < 4.78 is 5.18. The summed E-state index contributed by atoms with van der Waals surface area (Å²) in [5.41, 5.74) is 0. The number of Topliss-reactive ketones (excluding diaryl/α,β-unsaturated/α-hetero) is 1. The van der Waals surface area contributed by atoms with Gasteiger partial charge in [-0.15, -0.1) is 0 Å². The monoisotopic (exact) mass is 187 g/mol. The Labute approximate surface area is 75.9 Å². The standard InChI is InChI=1S/C8H10ClNO2/c1-5(11)7-4-6(9)8(12-7)10(2)3/h4H,1-3H3. The number of furan rings is 1. The van der Waals surface area contributed by atoms with E-state index in [2.05, 4.69) is 0 Å². The van der Waals surface area contributed by atoms with E-state index in [1.165, 1.54) is 13.0 Å². The van der Waals surface area contributed by atoms with Crippen LogP contribution in [0.25, 0.3) is 0 Å². The molecule has 0 aliphatic carbocycles. The molecular formula is C8H10ClNO2. The Kier molecular flexibility index (Phi) is 2.43. The van der Waals surface area contributed by atoms with E-state index in [9.17, 15) is 4.79 Å². The van der Waals surface area contributed by atoms with Crippen LogP contribution in [0.4, 0.5) is 5.88 Å². The van der Waals surface area contributed by atoms with Gasteiger partial charge >= 0.3 is 0 Å². The molecule has 1 aromatic rings. The van der Waals surface area contributed by atoms with Gasteiger partial charge in [0.2, 0.25) is 5.88 Å². The van der Waals surface area contributed by atoms with E-state index in [1.807, 2.05) is 0 Å². The van der Waals surface area contributed by atoms with E-state index < -0.39 is 0 Å². The second-order valence-corrected chi connectivity index (χ2v) is 3.12. The predicted octanol–water partition coefficient (Wildman–Crippen LogP) is 2.20. The van der Waals surface area contributed by atoms with Crippen LogP contribution in [0.1, 0.15) is 17.5 Å². The summed E-state index contributed by atoms with van der Waals surface area (Å²) in [5, 5.41) is 0.463. The average molecular weight is 188 g/mol. The largest absolute Gasteiger partial charge is 0.436 e. The molecule has 0 saturated heterocycles. The first kappa shape index (κ1) is 9.13. The van der Waals surface area contributed by atoms with Crippen LogP contribution in [-0.2, 0) is 0 Å². The quantitative estimate of drug-likeness (QED) is 0.666. The fraction of sp³-hybridized carbons (Fsp3) is 0.375. The van der Waals surface area contributed by atoms with Crippen molar-refractivity contribution in [3.8, 4) is 0 Å². The first-order valence-corrected chi connectivity index (χ1v) is 3.87. The molecular weight excluding hydrogens is 178 g/mol. The Morgan fingerprint density at radius 2 is 2.17 bits per heavy atom. The number of hydrogen-bond donors (Lipinski definition) is 0. The summed E-state index contributed by atoms with van der Waals surface area (Å²) in [6.07, 6.45) is 0. The summed E-state index contributed by atoms with van der Waals surface area (Å²) in [6, 6.07) is 1.53.